The molecule has 0 bridgehead atoms. The molecule has 0 atom stereocenters. The van der Waals surface area contributed by atoms with Crippen LogP contribution in [0, 0.1) is 13.8 Å². The third-order valence-electron chi connectivity index (χ3n) is 5.50. The summed E-state index contributed by atoms with van der Waals surface area (Å²) in [6.45, 7) is 3.66. The molecule has 1 aromatic heterocycles. The minimum Gasteiger partial charge on any atom is -0.459 e. The van der Waals surface area contributed by atoms with E-state index < -0.39 is 15.9 Å². The summed E-state index contributed by atoms with van der Waals surface area (Å²) < 4.78 is 35.2. The van der Waals surface area contributed by atoms with Crippen molar-refractivity contribution in [1.82, 2.24) is 5.43 Å². The van der Waals surface area contributed by atoms with Gasteiger partial charge in [0.2, 0.25) is 0 Å². The molecule has 1 amide bonds. The molecular formula is C27H23BrClN3O4S. The number of hydrogen-bond donors (Lipinski definition) is 1. The Balaban J connectivity index is 1.71. The molecule has 0 spiro atoms. The number of anilines is 1. The maximum atomic E-state index is 13.8. The van der Waals surface area contributed by atoms with Gasteiger partial charge in [-0.1, -0.05) is 53.6 Å². The van der Waals surface area contributed by atoms with E-state index in [9.17, 15) is 13.2 Å². The van der Waals surface area contributed by atoms with Gasteiger partial charge in [0, 0.05) is 11.1 Å². The van der Waals surface area contributed by atoms with Gasteiger partial charge in [0.15, 0.2) is 0 Å². The third-order valence-corrected chi connectivity index (χ3v) is 8.31. The average molecular weight is 601 g/mol. The van der Waals surface area contributed by atoms with Crippen LogP contribution in [0.1, 0.15) is 33.0 Å². The van der Waals surface area contributed by atoms with Gasteiger partial charge < -0.3 is 4.42 Å². The van der Waals surface area contributed by atoms with Gasteiger partial charge in [0.1, 0.15) is 11.5 Å². The Hall–Kier alpha value is -3.40. The molecular weight excluding hydrogens is 578 g/mol. The van der Waals surface area contributed by atoms with Gasteiger partial charge in [-0.05, 0) is 71.7 Å². The molecule has 37 heavy (non-hydrogen) atoms. The number of carbonyl (C=O) groups excluding carboxylic acids is 1. The second-order valence-corrected chi connectivity index (χ2v) is 11.4. The van der Waals surface area contributed by atoms with Gasteiger partial charge in [-0.3, -0.25) is 9.10 Å². The van der Waals surface area contributed by atoms with E-state index in [0.717, 1.165) is 10.0 Å². The zero-order valence-corrected chi connectivity index (χ0v) is 23.1. The van der Waals surface area contributed by atoms with Gasteiger partial charge in [-0.25, -0.2) is 13.8 Å². The average Bonchev–Trinajstić information content (AvgIpc) is 3.20. The Morgan fingerprint density at radius 2 is 1.73 bits per heavy atom. The van der Waals surface area contributed by atoms with Crippen LogP contribution in [0.2, 0.25) is 5.02 Å². The van der Waals surface area contributed by atoms with Crippen LogP contribution >= 0.6 is 27.5 Å². The monoisotopic (exact) mass is 599 g/mol. The van der Waals surface area contributed by atoms with Crippen LogP contribution < -0.4 is 9.73 Å². The number of hydrazone groups is 1. The van der Waals surface area contributed by atoms with Crippen molar-refractivity contribution >= 4 is 55.4 Å². The Morgan fingerprint density at radius 3 is 2.38 bits per heavy atom. The lowest BCUT2D eigenvalue weighted by molar-refractivity contribution is 0.0955. The predicted octanol–water partition coefficient (Wildman–Crippen LogP) is 6.47. The number of hydrogen-bond acceptors (Lipinski definition) is 5. The van der Waals surface area contributed by atoms with Crippen molar-refractivity contribution in [2.24, 2.45) is 5.10 Å². The number of halogens is 2. The zero-order valence-electron chi connectivity index (χ0n) is 20.0. The SMILES string of the molecule is Cc1ccc(S(=O)(=O)N(Cc2ccc(Cl)cc2)c2ccccc2C(=O)N/N=C/c2cc(Br)c(C)o2)cc1. The van der Waals surface area contributed by atoms with Crippen molar-refractivity contribution < 1.29 is 17.6 Å². The van der Waals surface area contributed by atoms with Crippen molar-refractivity contribution in [2.45, 2.75) is 25.3 Å². The third kappa shape index (κ3) is 6.30. The van der Waals surface area contributed by atoms with E-state index in [1.54, 1.807) is 85.8 Å². The summed E-state index contributed by atoms with van der Waals surface area (Å²) in [6.07, 6.45) is 1.37. The fourth-order valence-electron chi connectivity index (χ4n) is 3.54. The van der Waals surface area contributed by atoms with E-state index in [-0.39, 0.29) is 22.7 Å². The normalized spacial score (nSPS) is 11.6. The summed E-state index contributed by atoms with van der Waals surface area (Å²) in [6, 6.07) is 21.6. The minimum absolute atomic E-state index is 0.0133. The number of aryl methyl sites for hydroxylation is 2. The number of nitrogens with one attached hydrogen (secondary N) is 1. The molecule has 4 rings (SSSR count). The molecule has 0 fully saturated rings. The van der Waals surface area contributed by atoms with E-state index in [1.807, 2.05) is 6.92 Å². The van der Waals surface area contributed by atoms with E-state index in [0.29, 0.717) is 22.1 Å². The Labute approximate surface area is 228 Å². The lowest BCUT2D eigenvalue weighted by Crippen LogP contribution is -2.33. The first-order chi connectivity index (χ1) is 17.6. The lowest BCUT2D eigenvalue weighted by Gasteiger charge is -2.26. The summed E-state index contributed by atoms with van der Waals surface area (Å²) in [5.41, 5.74) is 4.44. The molecule has 190 valence electrons. The first-order valence-electron chi connectivity index (χ1n) is 11.2. The molecule has 7 nitrogen and oxygen atoms in total. The summed E-state index contributed by atoms with van der Waals surface area (Å²) in [4.78, 5) is 13.2. The first-order valence-corrected chi connectivity index (χ1v) is 13.8. The molecule has 4 aromatic rings. The quantitative estimate of drug-likeness (QED) is 0.185. The molecule has 0 aliphatic carbocycles. The lowest BCUT2D eigenvalue weighted by atomic mass is 10.1. The smallest absolute Gasteiger partial charge is 0.273 e. The number of nitrogens with zero attached hydrogens (tertiary/aromatic N) is 2. The molecule has 1 N–H and O–H groups in total. The van der Waals surface area contributed by atoms with Crippen LogP contribution in [-0.4, -0.2) is 20.5 Å². The highest BCUT2D eigenvalue weighted by molar-refractivity contribution is 9.10. The molecule has 3 aromatic carbocycles. The molecule has 0 radical (unpaired) electrons. The summed E-state index contributed by atoms with van der Waals surface area (Å²) >= 11 is 9.39. The first kappa shape index (κ1) is 26.7. The highest BCUT2D eigenvalue weighted by Crippen LogP contribution is 2.30. The van der Waals surface area contributed by atoms with Gasteiger partial charge >= 0.3 is 0 Å². The van der Waals surface area contributed by atoms with Crippen LogP contribution in [0.3, 0.4) is 0 Å². The van der Waals surface area contributed by atoms with Gasteiger partial charge in [-0.2, -0.15) is 5.10 Å². The van der Waals surface area contributed by atoms with Crippen molar-refractivity contribution in [2.75, 3.05) is 4.31 Å². The molecule has 0 aliphatic rings. The van der Waals surface area contributed by atoms with Crippen molar-refractivity contribution in [3.05, 3.63) is 117 Å². The van der Waals surface area contributed by atoms with Crippen LogP contribution in [0.25, 0.3) is 0 Å². The molecule has 0 saturated heterocycles. The van der Waals surface area contributed by atoms with Crippen molar-refractivity contribution in [3.63, 3.8) is 0 Å². The number of rotatable bonds is 8. The minimum atomic E-state index is -4.04. The van der Waals surface area contributed by atoms with Gasteiger partial charge in [0.05, 0.1) is 33.4 Å². The van der Waals surface area contributed by atoms with Crippen LogP contribution in [0.4, 0.5) is 5.69 Å². The topological polar surface area (TPSA) is 92.0 Å². The van der Waals surface area contributed by atoms with Crippen molar-refractivity contribution in [1.29, 1.82) is 0 Å². The van der Waals surface area contributed by atoms with Crippen LogP contribution in [0.5, 0.6) is 0 Å². The number of furan rings is 1. The zero-order chi connectivity index (χ0) is 26.6. The maximum absolute atomic E-state index is 13.8. The molecule has 10 heteroatoms. The van der Waals surface area contributed by atoms with E-state index in [1.165, 1.54) is 10.5 Å². The fourth-order valence-corrected chi connectivity index (χ4v) is 5.44. The Kier molecular flexibility index (Phi) is 8.16. The number of sulfonamides is 1. The van der Waals surface area contributed by atoms with Crippen LogP contribution in [-0.2, 0) is 16.6 Å². The summed E-state index contributed by atoms with van der Waals surface area (Å²) in [5, 5.41) is 4.51. The Morgan fingerprint density at radius 1 is 1.05 bits per heavy atom. The number of para-hydroxylation sites is 1. The fraction of sp³-hybridized carbons (Fsp3) is 0.111. The standard InChI is InChI=1S/C27H23BrClN3O4S/c1-18-7-13-23(14-8-18)37(34,35)32(17-20-9-11-21(29)12-10-20)26-6-4-3-5-24(26)27(33)31-30-16-22-15-25(28)19(2)36-22/h3-16H,17H2,1-2H3,(H,31,33)/b30-16+. The largest absolute Gasteiger partial charge is 0.459 e. The van der Waals surface area contributed by atoms with E-state index >= 15 is 0 Å². The predicted molar refractivity (Wildman–Crippen MR) is 149 cm³/mol. The number of benzene rings is 3. The van der Waals surface area contributed by atoms with Gasteiger partial charge in [0.25, 0.3) is 15.9 Å². The molecule has 0 saturated carbocycles. The molecule has 1 heterocycles. The highest BCUT2D eigenvalue weighted by atomic mass is 79.9. The second-order valence-electron chi connectivity index (χ2n) is 8.22. The Bertz CT molecular complexity index is 1530. The summed E-state index contributed by atoms with van der Waals surface area (Å²) in [7, 11) is -4.04. The molecule has 0 unspecified atom stereocenters. The maximum Gasteiger partial charge on any atom is 0.273 e. The second kappa shape index (κ2) is 11.3. The number of amides is 1. The highest BCUT2D eigenvalue weighted by Gasteiger charge is 2.28. The summed E-state index contributed by atoms with van der Waals surface area (Å²) in [5.74, 6) is 0.552. The van der Waals surface area contributed by atoms with Gasteiger partial charge in [-0.15, -0.1) is 0 Å². The number of carbonyl (C=O) groups is 1. The van der Waals surface area contributed by atoms with E-state index in [4.69, 9.17) is 16.0 Å². The van der Waals surface area contributed by atoms with E-state index in [2.05, 4.69) is 26.5 Å². The van der Waals surface area contributed by atoms with Crippen LogP contribution in [0.15, 0.2) is 97.7 Å². The van der Waals surface area contributed by atoms with Crippen molar-refractivity contribution in [3.8, 4) is 0 Å². The molecule has 0 aliphatic heterocycles.